The van der Waals surface area contributed by atoms with Gasteiger partial charge in [-0.1, -0.05) is 29.8 Å². The third-order valence-corrected chi connectivity index (χ3v) is 4.58. The predicted molar refractivity (Wildman–Crippen MR) is 113 cm³/mol. The number of hydrazone groups is 1. The largest absolute Gasteiger partial charge is 0.446 e. The molecule has 30 heavy (non-hydrogen) atoms. The highest BCUT2D eigenvalue weighted by Gasteiger charge is 2.33. The summed E-state index contributed by atoms with van der Waals surface area (Å²) in [4.78, 5) is 28.7. The summed E-state index contributed by atoms with van der Waals surface area (Å²) < 4.78 is 5.97. The number of aromatic nitrogens is 1. The van der Waals surface area contributed by atoms with Crippen molar-refractivity contribution in [2.45, 2.75) is 20.1 Å². The fourth-order valence-corrected chi connectivity index (χ4v) is 3.14. The Balaban J connectivity index is 1.57. The van der Waals surface area contributed by atoms with Crippen molar-refractivity contribution in [1.82, 2.24) is 9.99 Å². The molecule has 7 heteroatoms. The van der Waals surface area contributed by atoms with Crippen LogP contribution in [0.25, 0.3) is 0 Å². The zero-order valence-electron chi connectivity index (χ0n) is 16.6. The molecule has 0 aliphatic carbocycles. The summed E-state index contributed by atoms with van der Waals surface area (Å²) in [6.07, 6.45) is 2.60. The monoisotopic (exact) mass is 400 g/mol. The molecule has 1 N–H and O–H groups in total. The van der Waals surface area contributed by atoms with Crippen LogP contribution in [0.5, 0.6) is 0 Å². The number of pyridine rings is 1. The third-order valence-electron chi connectivity index (χ3n) is 4.58. The molecule has 0 saturated heterocycles. The number of hydrogen-bond donors (Lipinski definition) is 1. The van der Waals surface area contributed by atoms with E-state index in [0.29, 0.717) is 22.7 Å². The summed E-state index contributed by atoms with van der Waals surface area (Å²) in [5.74, 6) is -0.155. The molecule has 0 fully saturated rings. The van der Waals surface area contributed by atoms with Gasteiger partial charge in [0.05, 0.1) is 0 Å². The fraction of sp³-hybridized carbons (Fsp3) is 0.130. The maximum Gasteiger partial charge on any atom is 0.255 e. The Hall–Kier alpha value is -4.00. The van der Waals surface area contributed by atoms with E-state index in [0.717, 1.165) is 11.1 Å². The molecule has 0 spiro atoms. The molecular formula is C23H20N4O3. The number of hydrogen-bond acceptors (Lipinski definition) is 5. The van der Waals surface area contributed by atoms with Crippen LogP contribution >= 0.6 is 0 Å². The van der Waals surface area contributed by atoms with Gasteiger partial charge in [0, 0.05) is 41.7 Å². The van der Waals surface area contributed by atoms with E-state index in [1.165, 1.54) is 11.9 Å². The molecule has 0 radical (unpaired) electrons. The van der Waals surface area contributed by atoms with E-state index < -0.39 is 6.23 Å². The molecule has 2 heterocycles. The van der Waals surface area contributed by atoms with E-state index in [-0.39, 0.29) is 11.8 Å². The number of nitrogens with one attached hydrogen (secondary N) is 1. The first kappa shape index (κ1) is 19.3. The molecule has 4 rings (SSSR count). The molecule has 3 aromatic rings. The van der Waals surface area contributed by atoms with Crippen molar-refractivity contribution in [3.05, 3.63) is 95.3 Å². The molecule has 0 bridgehead atoms. The Morgan fingerprint density at radius 2 is 1.90 bits per heavy atom. The molecular weight excluding hydrogens is 380 g/mol. The fourth-order valence-electron chi connectivity index (χ4n) is 3.14. The Morgan fingerprint density at radius 3 is 2.63 bits per heavy atom. The molecule has 2 aromatic carbocycles. The number of benzene rings is 2. The lowest BCUT2D eigenvalue weighted by molar-refractivity contribution is -0.135. The van der Waals surface area contributed by atoms with Gasteiger partial charge in [-0.05, 0) is 43.3 Å². The van der Waals surface area contributed by atoms with Crippen molar-refractivity contribution in [1.29, 1.82) is 0 Å². The van der Waals surface area contributed by atoms with Crippen molar-refractivity contribution >= 4 is 23.4 Å². The van der Waals surface area contributed by atoms with E-state index in [1.807, 2.05) is 37.3 Å². The minimum Gasteiger partial charge on any atom is -0.446 e. The van der Waals surface area contributed by atoms with Gasteiger partial charge in [-0.3, -0.25) is 14.6 Å². The van der Waals surface area contributed by atoms with Gasteiger partial charge in [0.15, 0.2) is 0 Å². The Morgan fingerprint density at radius 1 is 1.07 bits per heavy atom. The van der Waals surface area contributed by atoms with Gasteiger partial charge in [-0.2, -0.15) is 5.01 Å². The molecule has 0 saturated carbocycles. The first-order valence-corrected chi connectivity index (χ1v) is 9.45. The van der Waals surface area contributed by atoms with E-state index >= 15 is 0 Å². The first-order chi connectivity index (χ1) is 14.5. The lowest BCUT2D eigenvalue weighted by Gasteiger charge is -2.18. The number of aryl methyl sites for hydroxylation is 1. The van der Waals surface area contributed by atoms with Crippen molar-refractivity contribution in [2.75, 3.05) is 5.32 Å². The zero-order chi connectivity index (χ0) is 21.1. The highest BCUT2D eigenvalue weighted by atomic mass is 16.5. The van der Waals surface area contributed by atoms with Crippen LogP contribution < -0.4 is 5.32 Å². The zero-order valence-corrected chi connectivity index (χ0v) is 16.6. The van der Waals surface area contributed by atoms with E-state index in [9.17, 15) is 9.59 Å². The lowest BCUT2D eigenvalue weighted by atomic mass is 10.1. The first-order valence-electron chi connectivity index (χ1n) is 9.45. The smallest absolute Gasteiger partial charge is 0.255 e. The minimum absolute atomic E-state index is 0.205. The number of ether oxygens (including phenoxy) is 1. The molecule has 2 amide bonds. The van der Waals surface area contributed by atoms with Crippen LogP contribution in [0, 0.1) is 6.92 Å². The Kier molecular flexibility index (Phi) is 5.26. The van der Waals surface area contributed by atoms with Crippen LogP contribution in [0.4, 0.5) is 5.69 Å². The summed E-state index contributed by atoms with van der Waals surface area (Å²) in [5.41, 5.74) is 3.56. The van der Waals surface area contributed by atoms with Crippen LogP contribution in [-0.4, -0.2) is 27.7 Å². The van der Waals surface area contributed by atoms with Gasteiger partial charge >= 0.3 is 0 Å². The third kappa shape index (κ3) is 4.05. The average Bonchev–Trinajstić information content (AvgIpc) is 3.21. The average molecular weight is 400 g/mol. The number of amides is 2. The number of rotatable bonds is 4. The summed E-state index contributed by atoms with van der Waals surface area (Å²) in [6.45, 7) is 3.37. The highest BCUT2D eigenvalue weighted by Crippen LogP contribution is 2.30. The maximum atomic E-state index is 12.5. The molecule has 150 valence electrons. The van der Waals surface area contributed by atoms with Gasteiger partial charge in [0.25, 0.3) is 5.91 Å². The van der Waals surface area contributed by atoms with E-state index in [1.54, 1.807) is 42.7 Å². The van der Waals surface area contributed by atoms with Gasteiger partial charge < -0.3 is 10.1 Å². The van der Waals surface area contributed by atoms with Crippen molar-refractivity contribution in [3.63, 3.8) is 0 Å². The highest BCUT2D eigenvalue weighted by molar-refractivity contribution is 6.05. The number of nitrogens with zero attached hydrogens (tertiary/aromatic N) is 3. The number of carbonyl (C=O) groups excluding carboxylic acids is 2. The Labute approximate surface area is 174 Å². The summed E-state index contributed by atoms with van der Waals surface area (Å²) >= 11 is 0. The standard InChI is InChI=1S/C23H20N4O3/c1-15-6-3-7-17(12-15)21(29)25-20-10-4-8-18(13-20)22-26-27(16(2)28)23(30-22)19-9-5-11-24-14-19/h3-14,23H,1-2H3,(H,25,29). The summed E-state index contributed by atoms with van der Waals surface area (Å²) in [7, 11) is 0. The summed E-state index contributed by atoms with van der Waals surface area (Å²) in [5, 5.41) is 8.51. The quantitative estimate of drug-likeness (QED) is 0.720. The predicted octanol–water partition coefficient (Wildman–Crippen LogP) is 3.88. The molecule has 1 atom stereocenters. The SMILES string of the molecule is CC(=O)N1N=C(c2cccc(NC(=O)c3cccc(C)c3)c2)OC1c1cccnc1. The van der Waals surface area contributed by atoms with Crippen molar-refractivity contribution in [2.24, 2.45) is 5.10 Å². The lowest BCUT2D eigenvalue weighted by Crippen LogP contribution is -2.25. The summed E-state index contributed by atoms with van der Waals surface area (Å²) in [6, 6.07) is 18.1. The van der Waals surface area contributed by atoms with Crippen LogP contribution in [0.3, 0.4) is 0 Å². The van der Waals surface area contributed by atoms with Crippen molar-refractivity contribution < 1.29 is 14.3 Å². The molecule has 7 nitrogen and oxygen atoms in total. The van der Waals surface area contributed by atoms with Gasteiger partial charge in [0.1, 0.15) is 0 Å². The number of carbonyl (C=O) groups is 2. The molecule has 1 unspecified atom stereocenters. The molecule has 1 aliphatic rings. The second-order valence-electron chi connectivity index (χ2n) is 6.93. The van der Waals surface area contributed by atoms with Gasteiger partial charge in [0.2, 0.25) is 18.0 Å². The number of anilines is 1. The van der Waals surface area contributed by atoms with E-state index in [4.69, 9.17) is 4.74 Å². The Bertz CT molecular complexity index is 1130. The van der Waals surface area contributed by atoms with E-state index in [2.05, 4.69) is 15.4 Å². The van der Waals surface area contributed by atoms with Gasteiger partial charge in [-0.25, -0.2) is 0 Å². The second kappa shape index (κ2) is 8.16. The minimum atomic E-state index is -0.684. The maximum absolute atomic E-state index is 12.5. The van der Waals surface area contributed by atoms with Crippen LogP contribution in [-0.2, 0) is 9.53 Å². The van der Waals surface area contributed by atoms with Crippen LogP contribution in [0.2, 0.25) is 0 Å². The van der Waals surface area contributed by atoms with Crippen molar-refractivity contribution in [3.8, 4) is 0 Å². The van der Waals surface area contributed by atoms with Crippen LogP contribution in [0.15, 0.2) is 78.2 Å². The molecule has 1 aliphatic heterocycles. The topological polar surface area (TPSA) is 83.9 Å². The second-order valence-corrected chi connectivity index (χ2v) is 6.93. The molecule has 1 aromatic heterocycles. The van der Waals surface area contributed by atoms with Gasteiger partial charge in [-0.15, -0.1) is 5.10 Å². The van der Waals surface area contributed by atoms with Crippen LogP contribution in [0.1, 0.15) is 40.2 Å². The normalized spacial score (nSPS) is 15.3.